The van der Waals surface area contributed by atoms with Gasteiger partial charge >= 0.3 is 11.9 Å². The summed E-state index contributed by atoms with van der Waals surface area (Å²) in [6.07, 6.45) is 24.6. The zero-order valence-electron chi connectivity index (χ0n) is 55.2. The summed E-state index contributed by atoms with van der Waals surface area (Å²) in [5.41, 5.74) is 8.55. The first-order valence-corrected chi connectivity index (χ1v) is 34.3. The summed E-state index contributed by atoms with van der Waals surface area (Å²) in [6, 6.07) is 45.2. The molecule has 0 saturated carbocycles. The third-order valence-corrected chi connectivity index (χ3v) is 18.2. The van der Waals surface area contributed by atoms with Gasteiger partial charge in [-0.05, 0) is 132 Å². The molecule has 0 saturated heterocycles. The Labute approximate surface area is 535 Å². The molecule has 482 valence electrons. The van der Waals surface area contributed by atoms with Crippen molar-refractivity contribution in [3.05, 3.63) is 215 Å². The van der Waals surface area contributed by atoms with Crippen molar-refractivity contribution in [3.63, 3.8) is 0 Å². The molecule has 0 radical (unpaired) electrons. The van der Waals surface area contributed by atoms with Gasteiger partial charge in [-0.1, -0.05) is 213 Å². The number of carbonyl (C=O) groups is 4. The Bertz CT molecular complexity index is 2830. The van der Waals surface area contributed by atoms with Crippen molar-refractivity contribution in [1.29, 1.82) is 0 Å². The number of benzene rings is 6. The first kappa shape index (κ1) is 76.1. The molecule has 1 N–H and O–H groups in total. The Morgan fingerprint density at radius 2 is 0.843 bits per heavy atom. The number of anilines is 2. The molecular weight excluding hydrogens is 1130 g/mol. The van der Waals surface area contributed by atoms with Crippen LogP contribution in [0.1, 0.15) is 191 Å². The van der Waals surface area contributed by atoms with Crippen LogP contribution in [0.2, 0.25) is 0 Å². The molecule has 6 aromatic rings. The predicted molar refractivity (Wildman–Crippen MR) is 372 cm³/mol. The first-order chi connectivity index (χ1) is 43.1. The predicted octanol–water partition coefficient (Wildman–Crippen LogP) is 17.8. The molecule has 6 aromatic carbocycles. The van der Waals surface area contributed by atoms with Crippen LogP contribution in [0.15, 0.2) is 171 Å². The van der Waals surface area contributed by atoms with Gasteiger partial charge in [-0.2, -0.15) is 0 Å². The van der Waals surface area contributed by atoms with Crippen molar-refractivity contribution < 1.29 is 43.1 Å². The lowest BCUT2D eigenvalue weighted by molar-refractivity contribution is -0.139. The van der Waals surface area contributed by atoms with E-state index in [0.717, 1.165) is 102 Å². The van der Waals surface area contributed by atoms with Gasteiger partial charge in [-0.25, -0.2) is 9.59 Å². The van der Waals surface area contributed by atoms with Crippen LogP contribution in [0, 0.1) is 20.8 Å². The van der Waals surface area contributed by atoms with E-state index in [4.69, 9.17) is 19.3 Å². The maximum absolute atomic E-state index is 14.2. The van der Waals surface area contributed by atoms with E-state index in [1.54, 1.807) is 36.4 Å². The molecule has 0 spiro atoms. The van der Waals surface area contributed by atoms with E-state index in [9.17, 15) is 23.7 Å². The normalized spacial score (nSPS) is 10.7. The molecule has 6 rings (SSSR count). The summed E-state index contributed by atoms with van der Waals surface area (Å²) in [7, 11) is -3.44. The summed E-state index contributed by atoms with van der Waals surface area (Å²) in [4.78, 5) is 52.6. The number of esters is 2. The third kappa shape index (κ3) is 28.0. The van der Waals surface area contributed by atoms with Gasteiger partial charge in [0.1, 0.15) is 13.2 Å². The molecule has 0 unspecified atom stereocenters. The molecule has 0 bridgehead atoms. The van der Waals surface area contributed by atoms with Crippen LogP contribution >= 0.6 is 7.14 Å². The van der Waals surface area contributed by atoms with Gasteiger partial charge in [0.05, 0.1) is 13.2 Å². The van der Waals surface area contributed by atoms with Crippen LogP contribution in [0.4, 0.5) is 11.4 Å². The van der Waals surface area contributed by atoms with Crippen LogP contribution in [0.25, 0.3) is 0 Å². The number of aliphatic hydroxyl groups is 1. The van der Waals surface area contributed by atoms with Crippen molar-refractivity contribution in [2.75, 3.05) is 55.8 Å². The number of aliphatic hydroxyl groups excluding tert-OH is 1. The smallest absolute Gasteiger partial charge is 0.330 e. The van der Waals surface area contributed by atoms with Crippen LogP contribution in [0.5, 0.6) is 0 Å². The second-order valence-corrected chi connectivity index (χ2v) is 24.9. The van der Waals surface area contributed by atoms with E-state index >= 15 is 0 Å². The first-order valence-electron chi connectivity index (χ1n) is 32.6. The van der Waals surface area contributed by atoms with Crippen molar-refractivity contribution in [2.24, 2.45) is 0 Å². The van der Waals surface area contributed by atoms with E-state index < -0.39 is 19.1 Å². The third-order valence-electron chi connectivity index (χ3n) is 15.4. The lowest BCUT2D eigenvalue weighted by Gasteiger charge is -2.21. The second kappa shape index (κ2) is 45.1. The molecule has 0 aliphatic carbocycles. The lowest BCUT2D eigenvalue weighted by atomic mass is 10.0. The van der Waals surface area contributed by atoms with Gasteiger partial charge in [-0.15, -0.1) is 0 Å². The average molecular weight is 1230 g/mol. The fraction of sp³-hybridized carbons (Fsp3) is 0.429. The van der Waals surface area contributed by atoms with Crippen molar-refractivity contribution in [2.45, 2.75) is 171 Å². The summed E-state index contributed by atoms with van der Waals surface area (Å²) in [6.45, 7) is 28.9. The highest BCUT2D eigenvalue weighted by Crippen LogP contribution is 2.48. The Balaban J connectivity index is 0.000000312. The molecule has 0 amide bonds. The molecule has 0 aliphatic heterocycles. The van der Waals surface area contributed by atoms with Crippen LogP contribution in [0.3, 0.4) is 0 Å². The van der Waals surface area contributed by atoms with E-state index in [-0.39, 0.29) is 31.1 Å². The summed E-state index contributed by atoms with van der Waals surface area (Å²) in [5, 5.41) is 9.73. The number of rotatable bonds is 37. The zero-order chi connectivity index (χ0) is 65.1. The molecular formula is C77H105N2O9P. The standard InChI is InChI=1S/C22H21O2P.C21H28N2O.C20H42O2.C14H14O4/c1-16-14-17(2)21(18(3)15-16)22(23)25(24,19-10-6-4-7-11-19)20-12-8-5-9-13-20;1-5-22(6-2)19-13-9-17(10-14-19)21(24)18-11-15-20(16-12-18)23(7-3)8-4;1-2-3-4-5-6-7-8-9-10-11-12-13-14-15-16-17-19-22-20-18-21;1-3-13(15)17-9-11-6-5-7-12(8-11)10-18-14(16)4-2/h4-15H,1-3H3;9-16H,5-8H2,1-4H3;21H,2-20H2,1H3;3-8H,1-2,9-10H2. The Hall–Kier alpha value is -7.17. The highest BCUT2D eigenvalue weighted by Gasteiger charge is 2.38. The number of unbranched alkanes of at least 4 members (excludes halogenated alkanes) is 15. The van der Waals surface area contributed by atoms with Crippen LogP contribution in [-0.4, -0.2) is 74.4 Å². The monoisotopic (exact) mass is 1230 g/mol. The Morgan fingerprint density at radius 3 is 1.19 bits per heavy atom. The van der Waals surface area contributed by atoms with Crippen molar-refractivity contribution in [1.82, 2.24) is 0 Å². The van der Waals surface area contributed by atoms with Gasteiger partial charge in [0.15, 0.2) is 5.78 Å². The maximum atomic E-state index is 14.2. The molecule has 89 heavy (non-hydrogen) atoms. The zero-order valence-corrected chi connectivity index (χ0v) is 56.1. The van der Waals surface area contributed by atoms with Crippen molar-refractivity contribution in [3.8, 4) is 0 Å². The number of aryl methyl sites for hydroxylation is 3. The summed E-state index contributed by atoms with van der Waals surface area (Å²) in [5.74, 6) is -0.871. The molecule has 11 nitrogen and oxygen atoms in total. The number of carbonyl (C=O) groups excluding carboxylic acids is 4. The molecule has 0 aliphatic rings. The van der Waals surface area contributed by atoms with Gasteiger partial charge < -0.3 is 33.7 Å². The van der Waals surface area contributed by atoms with E-state index in [0.29, 0.717) is 22.8 Å². The fourth-order valence-corrected chi connectivity index (χ4v) is 13.1. The Kier molecular flexibility index (Phi) is 38.6. The maximum Gasteiger partial charge on any atom is 0.330 e. The van der Waals surface area contributed by atoms with Crippen LogP contribution in [-0.2, 0) is 41.6 Å². The van der Waals surface area contributed by atoms with Gasteiger partial charge in [0.25, 0.3) is 0 Å². The SMILES string of the molecule is C=CC(=O)OCc1cccc(COC(=O)C=C)c1.CCCCCCCCCCCCCCCCCCOCCO.CCN(CC)c1ccc(C(=O)c2ccc(N(CC)CC)cc2)cc1.Cc1cc(C)c(C(=O)P(=O)(c2ccccc2)c2ccccc2)c(C)c1. The minimum Gasteiger partial charge on any atom is -0.458 e. The van der Waals surface area contributed by atoms with E-state index in [2.05, 4.69) is 57.6 Å². The van der Waals surface area contributed by atoms with Gasteiger partial charge in [0, 0.05) is 83.6 Å². The molecule has 0 heterocycles. The minimum absolute atomic E-state index is 0.0761. The fourth-order valence-electron chi connectivity index (χ4n) is 10.5. The van der Waals surface area contributed by atoms with Gasteiger partial charge in [-0.3, -0.25) is 9.59 Å². The summed E-state index contributed by atoms with van der Waals surface area (Å²) < 4.78 is 29.2. The average Bonchev–Trinajstić information content (AvgIpc) is 2.79. The molecule has 0 aromatic heterocycles. The number of ketones is 1. The van der Waals surface area contributed by atoms with E-state index in [1.807, 2.05) is 130 Å². The Morgan fingerprint density at radius 1 is 0.472 bits per heavy atom. The quantitative estimate of drug-likeness (QED) is 0.0131. The molecule has 0 fully saturated rings. The number of ether oxygens (including phenoxy) is 3. The highest BCUT2D eigenvalue weighted by atomic mass is 31.2. The summed E-state index contributed by atoms with van der Waals surface area (Å²) >= 11 is 0. The van der Waals surface area contributed by atoms with Crippen LogP contribution < -0.4 is 20.4 Å². The number of hydrogen-bond donors (Lipinski definition) is 1. The largest absolute Gasteiger partial charge is 0.458 e. The second-order valence-electron chi connectivity index (χ2n) is 22.2. The van der Waals surface area contributed by atoms with Gasteiger partial charge in [0.2, 0.25) is 12.7 Å². The number of hydrogen-bond acceptors (Lipinski definition) is 11. The topological polar surface area (TPSA) is 140 Å². The van der Waals surface area contributed by atoms with E-state index in [1.165, 1.54) is 96.3 Å². The lowest BCUT2D eigenvalue weighted by Crippen LogP contribution is -2.23. The molecule has 0 atom stereocenters. The van der Waals surface area contributed by atoms with Crippen molar-refractivity contribution >= 4 is 52.4 Å². The molecule has 12 heteroatoms. The minimum atomic E-state index is -3.44. The number of nitrogens with zero attached hydrogens (tertiary/aromatic N) is 2. The highest BCUT2D eigenvalue weighted by molar-refractivity contribution is 7.93.